The number of ether oxygens (including phenoxy) is 2. The van der Waals surface area contributed by atoms with Crippen LogP contribution >= 0.6 is 48.0 Å². The van der Waals surface area contributed by atoms with E-state index in [2.05, 4.69) is 66.1 Å². The Balaban J connectivity index is 0.00000280. The Hall–Kier alpha value is -1.67. The van der Waals surface area contributed by atoms with E-state index in [4.69, 9.17) is 32.7 Å². The van der Waals surface area contributed by atoms with Gasteiger partial charge >= 0.3 is 6.16 Å². The Morgan fingerprint density at radius 2 is 1.75 bits per heavy atom. The molecule has 0 saturated heterocycles. The van der Waals surface area contributed by atoms with Gasteiger partial charge in [0.05, 0.1) is 17.1 Å². The molecule has 0 spiro atoms. The maximum Gasteiger partial charge on any atom is 0.515 e. The van der Waals surface area contributed by atoms with E-state index in [0.717, 1.165) is 61.5 Å². The zero-order valence-corrected chi connectivity index (χ0v) is 26.8. The van der Waals surface area contributed by atoms with Gasteiger partial charge in [-0.2, -0.15) is 0 Å². The summed E-state index contributed by atoms with van der Waals surface area (Å²) in [6, 6.07) is 14.8. The van der Waals surface area contributed by atoms with Crippen molar-refractivity contribution < 1.29 is 14.3 Å². The second-order valence-corrected chi connectivity index (χ2v) is 11.4. The molecule has 0 radical (unpaired) electrons. The number of H-pyrrole nitrogens is 1. The van der Waals surface area contributed by atoms with Crippen LogP contribution < -0.4 is 4.74 Å². The minimum absolute atomic E-state index is 0. The van der Waals surface area contributed by atoms with Crippen LogP contribution in [0.2, 0.25) is 10.0 Å². The van der Waals surface area contributed by atoms with E-state index in [1.165, 1.54) is 5.56 Å². The molecule has 1 N–H and O–H groups in total. The largest absolute Gasteiger partial charge is 0.515 e. The lowest BCUT2D eigenvalue weighted by Gasteiger charge is -2.47. The van der Waals surface area contributed by atoms with Gasteiger partial charge in [0.25, 0.3) is 0 Å². The number of hydrogen-bond acceptors (Lipinski definition) is 5. The molecule has 1 heterocycles. The minimum Gasteiger partial charge on any atom is -0.434 e. The summed E-state index contributed by atoms with van der Waals surface area (Å²) in [6.45, 7) is 5.74. The summed E-state index contributed by atoms with van der Waals surface area (Å²) < 4.78 is 10.7. The fraction of sp³-hybridized carbons (Fsp3) is 0.500. The van der Waals surface area contributed by atoms with Crippen molar-refractivity contribution in [1.82, 2.24) is 14.8 Å². The summed E-state index contributed by atoms with van der Waals surface area (Å²) in [5, 5.41) is 1.89. The van der Waals surface area contributed by atoms with Crippen molar-refractivity contribution in [2.75, 3.05) is 27.2 Å². The van der Waals surface area contributed by atoms with Gasteiger partial charge in [0.15, 0.2) is 0 Å². The highest BCUT2D eigenvalue weighted by molar-refractivity contribution is 6.38. The zero-order valence-electron chi connectivity index (χ0n) is 23.7. The van der Waals surface area contributed by atoms with Gasteiger partial charge in [-0.3, -0.25) is 4.90 Å². The Morgan fingerprint density at radius 3 is 2.35 bits per heavy atom. The predicted molar refractivity (Wildman–Crippen MR) is 170 cm³/mol. The molecule has 1 fully saturated rings. The molecule has 0 amide bonds. The molecule has 2 aromatic carbocycles. The first-order valence-corrected chi connectivity index (χ1v) is 14.3. The Morgan fingerprint density at radius 1 is 1.07 bits per heavy atom. The highest BCUT2D eigenvalue weighted by Crippen LogP contribution is 2.40. The van der Waals surface area contributed by atoms with Crippen molar-refractivity contribution in [1.29, 1.82) is 0 Å². The molecule has 10 heteroatoms. The first kappa shape index (κ1) is 34.5. The quantitative estimate of drug-likeness (QED) is 0.227. The Kier molecular flexibility index (Phi) is 13.4. The van der Waals surface area contributed by atoms with E-state index in [1.54, 1.807) is 13.0 Å². The van der Waals surface area contributed by atoms with E-state index in [0.29, 0.717) is 28.5 Å². The van der Waals surface area contributed by atoms with Crippen LogP contribution in [0.25, 0.3) is 10.9 Å². The molecule has 6 nitrogen and oxygen atoms in total. The van der Waals surface area contributed by atoms with Gasteiger partial charge < -0.3 is 19.4 Å². The SMILES string of the molecule is CCCN(Cc1c(OC(=O)OCC)[nH]c2cc(Cl)cc(Cl)c12)C1CCC(Cc2ccccc2)(N(C)C)CC1.Cl.Cl. The zero-order chi connectivity index (χ0) is 27.3. The number of likely N-dealkylation sites (N-methyl/N-ethyl adjacent to an activating group) is 1. The maximum atomic E-state index is 12.3. The van der Waals surface area contributed by atoms with Crippen molar-refractivity contribution in [3.05, 3.63) is 63.6 Å². The Labute approximate surface area is 260 Å². The van der Waals surface area contributed by atoms with Crippen LogP contribution in [-0.4, -0.2) is 59.8 Å². The maximum absolute atomic E-state index is 12.3. The third-order valence-electron chi connectivity index (χ3n) is 7.93. The van der Waals surface area contributed by atoms with Gasteiger partial charge in [-0.15, -0.1) is 24.8 Å². The van der Waals surface area contributed by atoms with Crippen LogP contribution in [0.1, 0.15) is 57.1 Å². The van der Waals surface area contributed by atoms with E-state index < -0.39 is 6.16 Å². The fourth-order valence-electron chi connectivity index (χ4n) is 5.90. The fourth-order valence-corrected chi connectivity index (χ4v) is 6.51. The normalized spacial score (nSPS) is 18.9. The van der Waals surface area contributed by atoms with Crippen LogP contribution in [0, 0.1) is 0 Å². The lowest BCUT2D eigenvalue weighted by molar-refractivity contribution is 0.0480. The summed E-state index contributed by atoms with van der Waals surface area (Å²) in [5.41, 5.74) is 3.13. The van der Waals surface area contributed by atoms with E-state index >= 15 is 0 Å². The van der Waals surface area contributed by atoms with Gasteiger partial charge in [-0.25, -0.2) is 4.79 Å². The average molecular weight is 633 g/mol. The lowest BCUT2D eigenvalue weighted by atomic mass is 9.74. The Bertz CT molecular complexity index is 1230. The molecule has 4 rings (SSSR count). The molecule has 1 saturated carbocycles. The number of benzene rings is 2. The summed E-state index contributed by atoms with van der Waals surface area (Å²) in [5.74, 6) is 0.367. The first-order chi connectivity index (χ1) is 18.3. The molecule has 222 valence electrons. The molecule has 3 aromatic rings. The van der Waals surface area contributed by atoms with Crippen LogP contribution in [-0.2, 0) is 17.7 Å². The van der Waals surface area contributed by atoms with Gasteiger partial charge in [0.1, 0.15) is 0 Å². The third-order valence-corrected chi connectivity index (χ3v) is 8.44. The lowest BCUT2D eigenvalue weighted by Crippen LogP contribution is -2.52. The highest BCUT2D eigenvalue weighted by Gasteiger charge is 2.39. The standard InChI is InChI=1S/C30H39Cl2N3O3.2ClH/c1-5-16-35(23-12-14-30(15-13-23,34(3)4)19-21-10-8-7-9-11-21)20-24-27-25(32)17-22(31)18-26(27)33-28(24)38-29(36)37-6-2;;/h7-11,17-18,23,33H,5-6,12-16,19-20H2,1-4H3;2*1H. The van der Waals surface area contributed by atoms with Gasteiger partial charge in [-0.05, 0) is 83.8 Å². The van der Waals surface area contributed by atoms with Gasteiger partial charge in [0, 0.05) is 34.1 Å². The predicted octanol–water partition coefficient (Wildman–Crippen LogP) is 8.55. The summed E-state index contributed by atoms with van der Waals surface area (Å²) in [4.78, 5) is 20.4. The molecular formula is C30H41Cl4N3O3. The van der Waals surface area contributed by atoms with Crippen molar-refractivity contribution in [2.24, 2.45) is 0 Å². The number of aromatic amines is 1. The number of nitrogens with zero attached hydrogens (tertiary/aromatic N) is 2. The van der Waals surface area contributed by atoms with Crippen LogP contribution in [0.5, 0.6) is 5.88 Å². The van der Waals surface area contributed by atoms with Crippen molar-refractivity contribution in [3.8, 4) is 5.88 Å². The van der Waals surface area contributed by atoms with Crippen molar-refractivity contribution in [3.63, 3.8) is 0 Å². The molecule has 0 bridgehead atoms. The van der Waals surface area contributed by atoms with Crippen molar-refractivity contribution >= 4 is 65.1 Å². The highest BCUT2D eigenvalue weighted by atomic mass is 35.5. The molecule has 0 atom stereocenters. The van der Waals surface area contributed by atoms with E-state index in [9.17, 15) is 4.79 Å². The molecule has 40 heavy (non-hydrogen) atoms. The second kappa shape index (κ2) is 15.5. The molecule has 1 aromatic heterocycles. The number of rotatable bonds is 10. The molecule has 0 aliphatic heterocycles. The first-order valence-electron chi connectivity index (χ1n) is 13.6. The number of fused-ring (bicyclic) bond motifs is 1. The number of aromatic nitrogens is 1. The minimum atomic E-state index is -0.737. The van der Waals surface area contributed by atoms with Crippen LogP contribution in [0.4, 0.5) is 4.79 Å². The van der Waals surface area contributed by atoms with Crippen LogP contribution in [0.15, 0.2) is 42.5 Å². The van der Waals surface area contributed by atoms with Crippen molar-refractivity contribution in [2.45, 2.75) is 70.5 Å². The van der Waals surface area contributed by atoms with Gasteiger partial charge in [0.2, 0.25) is 5.88 Å². The smallest absolute Gasteiger partial charge is 0.434 e. The number of carbonyl (C=O) groups excluding carboxylic acids is 1. The second-order valence-electron chi connectivity index (χ2n) is 10.5. The molecule has 0 unspecified atom stereocenters. The molecular weight excluding hydrogens is 592 g/mol. The van der Waals surface area contributed by atoms with Gasteiger partial charge in [-0.1, -0.05) is 60.5 Å². The van der Waals surface area contributed by atoms with E-state index in [-0.39, 0.29) is 37.0 Å². The molecule has 1 aliphatic carbocycles. The number of nitrogens with one attached hydrogen (secondary N) is 1. The van der Waals surface area contributed by atoms with E-state index in [1.807, 2.05) is 6.07 Å². The number of halogens is 4. The summed E-state index contributed by atoms with van der Waals surface area (Å²) >= 11 is 13.0. The topological polar surface area (TPSA) is 57.8 Å². The monoisotopic (exact) mass is 631 g/mol. The van der Waals surface area contributed by atoms with Crippen LogP contribution in [0.3, 0.4) is 0 Å². The third kappa shape index (κ3) is 7.99. The summed E-state index contributed by atoms with van der Waals surface area (Å²) in [6.07, 6.45) is 5.78. The number of hydrogen-bond donors (Lipinski definition) is 1. The summed E-state index contributed by atoms with van der Waals surface area (Å²) in [7, 11) is 4.43. The number of carbonyl (C=O) groups is 1. The molecule has 1 aliphatic rings. The average Bonchev–Trinajstić information content (AvgIpc) is 3.21.